The van der Waals surface area contributed by atoms with Gasteiger partial charge in [-0.15, -0.1) is 0 Å². The molecule has 1 aliphatic rings. The molecule has 1 fully saturated rings. The van der Waals surface area contributed by atoms with Crippen molar-refractivity contribution in [3.05, 3.63) is 38.3 Å². The number of ether oxygens (including phenoxy) is 1. The largest absolute Gasteiger partial charge is 0.377 e. The molecule has 0 bridgehead atoms. The number of nitro groups is 1. The molecule has 0 aromatic heterocycles. The normalized spacial score (nSPS) is 15.4. The molecule has 18 heavy (non-hydrogen) atoms. The van der Waals surface area contributed by atoms with E-state index in [4.69, 9.17) is 4.74 Å². The van der Waals surface area contributed by atoms with Gasteiger partial charge in [0.15, 0.2) is 0 Å². The molecule has 1 saturated carbocycles. The number of hydrogen-bond donors (Lipinski definition) is 0. The van der Waals surface area contributed by atoms with E-state index in [2.05, 4.69) is 15.9 Å². The van der Waals surface area contributed by atoms with E-state index in [1.54, 1.807) is 12.1 Å². The van der Waals surface area contributed by atoms with Gasteiger partial charge < -0.3 is 4.74 Å². The summed E-state index contributed by atoms with van der Waals surface area (Å²) in [7, 11) is 0. The van der Waals surface area contributed by atoms with Gasteiger partial charge in [0, 0.05) is 12.7 Å². The first kappa shape index (κ1) is 13.5. The summed E-state index contributed by atoms with van der Waals surface area (Å²) in [5.74, 6) is 0.837. The highest BCUT2D eigenvalue weighted by Crippen LogP contribution is 2.29. The Hall–Kier alpha value is -0.940. The molecule has 0 spiro atoms. The maximum absolute atomic E-state index is 10.8. The van der Waals surface area contributed by atoms with E-state index >= 15 is 0 Å². The molecule has 1 aromatic rings. The Morgan fingerprint density at radius 3 is 2.83 bits per heavy atom. The van der Waals surface area contributed by atoms with Crippen LogP contribution in [0.5, 0.6) is 0 Å². The van der Waals surface area contributed by atoms with Gasteiger partial charge >= 0.3 is 0 Å². The van der Waals surface area contributed by atoms with Crippen molar-refractivity contribution >= 4 is 21.6 Å². The molecule has 2 rings (SSSR count). The van der Waals surface area contributed by atoms with Crippen molar-refractivity contribution in [1.29, 1.82) is 0 Å². The van der Waals surface area contributed by atoms with Crippen LogP contribution in [0.1, 0.15) is 31.2 Å². The monoisotopic (exact) mass is 313 g/mol. The standard InChI is InChI=1S/C13H16BrNO3/c14-12-5-4-11(8-13(12)15(16)17)9-18-7-6-10-2-1-3-10/h4-5,8,10H,1-3,6-7,9H2. The molecule has 0 atom stereocenters. The summed E-state index contributed by atoms with van der Waals surface area (Å²) in [4.78, 5) is 10.4. The van der Waals surface area contributed by atoms with E-state index in [0.717, 1.165) is 24.5 Å². The lowest BCUT2D eigenvalue weighted by atomic mass is 9.83. The molecule has 0 unspecified atom stereocenters. The smallest absolute Gasteiger partial charge is 0.283 e. The predicted molar refractivity (Wildman–Crippen MR) is 72.4 cm³/mol. The lowest BCUT2D eigenvalue weighted by Crippen LogP contribution is -2.13. The van der Waals surface area contributed by atoms with E-state index in [1.807, 2.05) is 6.07 Å². The first-order valence-corrected chi connectivity index (χ1v) is 6.96. The summed E-state index contributed by atoms with van der Waals surface area (Å²) in [6.07, 6.45) is 5.11. The zero-order valence-corrected chi connectivity index (χ0v) is 11.7. The van der Waals surface area contributed by atoms with Crippen LogP contribution >= 0.6 is 15.9 Å². The average molecular weight is 314 g/mol. The number of hydrogen-bond acceptors (Lipinski definition) is 3. The average Bonchev–Trinajstić information content (AvgIpc) is 2.28. The summed E-state index contributed by atoms with van der Waals surface area (Å²) < 4.78 is 6.07. The van der Waals surface area contributed by atoms with Crippen LogP contribution in [0.4, 0.5) is 5.69 Å². The van der Waals surface area contributed by atoms with Crippen LogP contribution in [-0.4, -0.2) is 11.5 Å². The quantitative estimate of drug-likeness (QED) is 0.452. The number of nitro benzene ring substituents is 1. The molecule has 0 aliphatic heterocycles. The number of benzene rings is 1. The third-order valence-corrected chi connectivity index (χ3v) is 4.04. The highest BCUT2D eigenvalue weighted by molar-refractivity contribution is 9.10. The van der Waals surface area contributed by atoms with E-state index in [1.165, 1.54) is 19.3 Å². The zero-order valence-electron chi connectivity index (χ0n) is 10.1. The second kappa shape index (κ2) is 6.29. The van der Waals surface area contributed by atoms with E-state index < -0.39 is 0 Å². The van der Waals surface area contributed by atoms with Crippen LogP contribution in [0.15, 0.2) is 22.7 Å². The topological polar surface area (TPSA) is 52.4 Å². The summed E-state index contributed by atoms with van der Waals surface area (Å²) in [6.45, 7) is 1.19. The molecule has 0 heterocycles. The first-order chi connectivity index (χ1) is 8.66. The molecule has 0 amide bonds. The highest BCUT2D eigenvalue weighted by atomic mass is 79.9. The summed E-state index contributed by atoms with van der Waals surface area (Å²) in [5.41, 5.74) is 0.939. The minimum atomic E-state index is -0.387. The maximum Gasteiger partial charge on any atom is 0.283 e. The van der Waals surface area contributed by atoms with E-state index in [-0.39, 0.29) is 10.6 Å². The fourth-order valence-electron chi connectivity index (χ4n) is 2.01. The Morgan fingerprint density at radius 2 is 2.22 bits per heavy atom. The van der Waals surface area contributed by atoms with E-state index in [0.29, 0.717) is 11.1 Å². The van der Waals surface area contributed by atoms with Crippen molar-refractivity contribution < 1.29 is 9.66 Å². The number of nitrogens with zero attached hydrogens (tertiary/aromatic N) is 1. The Kier molecular flexibility index (Phi) is 4.72. The van der Waals surface area contributed by atoms with Gasteiger partial charge in [0.05, 0.1) is 16.0 Å². The molecular weight excluding hydrogens is 298 g/mol. The van der Waals surface area contributed by atoms with Crippen LogP contribution in [0.2, 0.25) is 0 Å². The lowest BCUT2D eigenvalue weighted by molar-refractivity contribution is -0.385. The van der Waals surface area contributed by atoms with Gasteiger partial charge in [-0.05, 0) is 39.9 Å². The maximum atomic E-state index is 10.8. The molecule has 0 N–H and O–H groups in total. The van der Waals surface area contributed by atoms with Crippen molar-refractivity contribution in [2.24, 2.45) is 5.92 Å². The van der Waals surface area contributed by atoms with Crippen molar-refractivity contribution in [1.82, 2.24) is 0 Å². The second-order valence-electron chi connectivity index (χ2n) is 4.68. The van der Waals surface area contributed by atoms with Crippen molar-refractivity contribution in [3.63, 3.8) is 0 Å². The Morgan fingerprint density at radius 1 is 1.44 bits per heavy atom. The summed E-state index contributed by atoms with van der Waals surface area (Å²) >= 11 is 3.17. The molecule has 0 radical (unpaired) electrons. The van der Waals surface area contributed by atoms with Gasteiger partial charge in [0.25, 0.3) is 5.69 Å². The Balaban J connectivity index is 1.81. The SMILES string of the molecule is O=[N+]([O-])c1cc(COCCC2CCC2)ccc1Br. The molecule has 5 heteroatoms. The zero-order chi connectivity index (χ0) is 13.0. The van der Waals surface area contributed by atoms with Gasteiger partial charge in [0.2, 0.25) is 0 Å². The van der Waals surface area contributed by atoms with Crippen LogP contribution in [0.3, 0.4) is 0 Å². The Labute approximate surface area is 115 Å². The number of rotatable bonds is 6. The fourth-order valence-corrected chi connectivity index (χ4v) is 2.40. The van der Waals surface area contributed by atoms with Crippen LogP contribution in [0.25, 0.3) is 0 Å². The minimum Gasteiger partial charge on any atom is -0.377 e. The van der Waals surface area contributed by atoms with Gasteiger partial charge in [-0.3, -0.25) is 10.1 Å². The minimum absolute atomic E-state index is 0.0927. The molecule has 98 valence electrons. The van der Waals surface area contributed by atoms with Gasteiger partial charge in [-0.2, -0.15) is 0 Å². The molecule has 1 aromatic carbocycles. The molecule has 1 aliphatic carbocycles. The summed E-state index contributed by atoms with van der Waals surface area (Å²) in [6, 6.07) is 5.11. The lowest BCUT2D eigenvalue weighted by Gasteiger charge is -2.24. The Bertz CT molecular complexity index is 432. The van der Waals surface area contributed by atoms with Crippen LogP contribution in [-0.2, 0) is 11.3 Å². The summed E-state index contributed by atoms with van der Waals surface area (Å²) in [5, 5.41) is 10.8. The van der Waals surface area contributed by atoms with E-state index in [9.17, 15) is 10.1 Å². The molecule has 4 nitrogen and oxygen atoms in total. The van der Waals surface area contributed by atoms with Gasteiger partial charge in [0.1, 0.15) is 0 Å². The fraction of sp³-hybridized carbons (Fsp3) is 0.538. The van der Waals surface area contributed by atoms with Crippen molar-refractivity contribution in [3.8, 4) is 0 Å². The molecule has 0 saturated heterocycles. The van der Waals surface area contributed by atoms with Crippen molar-refractivity contribution in [2.75, 3.05) is 6.61 Å². The van der Waals surface area contributed by atoms with Crippen LogP contribution in [0, 0.1) is 16.0 Å². The van der Waals surface area contributed by atoms with Gasteiger partial charge in [-0.1, -0.05) is 25.3 Å². The first-order valence-electron chi connectivity index (χ1n) is 6.17. The number of halogens is 1. The predicted octanol–water partition coefficient (Wildman–Crippen LogP) is 4.06. The second-order valence-corrected chi connectivity index (χ2v) is 5.54. The highest BCUT2D eigenvalue weighted by Gasteiger charge is 2.16. The van der Waals surface area contributed by atoms with Gasteiger partial charge in [-0.25, -0.2) is 0 Å². The van der Waals surface area contributed by atoms with Crippen LogP contribution < -0.4 is 0 Å². The third-order valence-electron chi connectivity index (χ3n) is 3.37. The molecular formula is C13H16BrNO3. The third kappa shape index (κ3) is 3.53. The van der Waals surface area contributed by atoms with Crippen molar-refractivity contribution in [2.45, 2.75) is 32.3 Å².